The Hall–Kier alpha value is -2.67. The number of carbonyl (C=O) groups is 2. The molecule has 2 aromatic carbocycles. The Morgan fingerprint density at radius 1 is 0.828 bits per heavy atom. The van der Waals surface area contributed by atoms with Gasteiger partial charge >= 0.3 is 0 Å². The van der Waals surface area contributed by atoms with E-state index >= 15 is 0 Å². The summed E-state index contributed by atoms with van der Waals surface area (Å²) >= 11 is 0. The quantitative estimate of drug-likeness (QED) is 0.754. The molecule has 3 rings (SSSR count). The third-order valence-electron chi connectivity index (χ3n) is 5.30. The summed E-state index contributed by atoms with van der Waals surface area (Å²) < 4.78 is 24.7. The molecule has 0 saturated carbocycles. The van der Waals surface area contributed by atoms with E-state index in [9.17, 15) is 18.0 Å². The molecular weight excluding hydrogens is 388 g/mol. The molecule has 0 bridgehead atoms. The zero-order valence-electron chi connectivity index (χ0n) is 16.8. The van der Waals surface area contributed by atoms with Gasteiger partial charge in [-0.15, -0.1) is 0 Å². The van der Waals surface area contributed by atoms with Crippen molar-refractivity contribution in [2.24, 2.45) is 0 Å². The molecule has 0 N–H and O–H groups in total. The molecule has 0 radical (unpaired) electrons. The van der Waals surface area contributed by atoms with Crippen LogP contribution in [0.3, 0.4) is 0 Å². The van der Waals surface area contributed by atoms with E-state index in [0.717, 1.165) is 6.42 Å². The van der Waals surface area contributed by atoms with Crippen molar-refractivity contribution in [2.45, 2.75) is 25.2 Å². The van der Waals surface area contributed by atoms with E-state index < -0.39 is 9.84 Å². The molecular formula is C22H26N2O4S. The molecule has 6 nitrogen and oxygen atoms in total. The van der Waals surface area contributed by atoms with Crippen LogP contribution in [0.2, 0.25) is 0 Å². The first-order valence-electron chi connectivity index (χ1n) is 9.86. The van der Waals surface area contributed by atoms with Crippen LogP contribution in [0, 0.1) is 0 Å². The van der Waals surface area contributed by atoms with Crippen LogP contribution >= 0.6 is 0 Å². The summed E-state index contributed by atoms with van der Waals surface area (Å²) in [4.78, 5) is 29.1. The molecule has 1 aliphatic heterocycles. The number of hydrogen-bond donors (Lipinski definition) is 0. The second-order valence-electron chi connectivity index (χ2n) is 7.03. The SMILES string of the molecule is CCc1ccc(C(=O)N2CCN(C(=O)c3ccccc3S(=O)(=O)CC)CC2)cc1. The van der Waals surface area contributed by atoms with Gasteiger partial charge in [-0.2, -0.15) is 0 Å². The smallest absolute Gasteiger partial charge is 0.255 e. The second-order valence-corrected chi connectivity index (χ2v) is 9.28. The molecule has 1 fully saturated rings. The highest BCUT2D eigenvalue weighted by Gasteiger charge is 2.28. The van der Waals surface area contributed by atoms with E-state index in [-0.39, 0.29) is 28.0 Å². The largest absolute Gasteiger partial charge is 0.335 e. The highest BCUT2D eigenvalue weighted by Crippen LogP contribution is 2.20. The number of hydrogen-bond acceptors (Lipinski definition) is 4. The monoisotopic (exact) mass is 414 g/mol. The minimum Gasteiger partial charge on any atom is -0.335 e. The van der Waals surface area contributed by atoms with Crippen LogP contribution < -0.4 is 0 Å². The van der Waals surface area contributed by atoms with Gasteiger partial charge in [0, 0.05) is 31.7 Å². The third kappa shape index (κ3) is 4.50. The van der Waals surface area contributed by atoms with Gasteiger partial charge in [0.15, 0.2) is 9.84 Å². The number of amides is 2. The number of benzene rings is 2. The summed E-state index contributed by atoms with van der Waals surface area (Å²) in [5.41, 5.74) is 2.02. The van der Waals surface area contributed by atoms with Crippen molar-refractivity contribution >= 4 is 21.7 Å². The van der Waals surface area contributed by atoms with Crippen molar-refractivity contribution in [3.8, 4) is 0 Å². The van der Waals surface area contributed by atoms with Gasteiger partial charge in [-0.25, -0.2) is 8.42 Å². The molecule has 0 spiro atoms. The lowest BCUT2D eigenvalue weighted by Gasteiger charge is -2.35. The van der Waals surface area contributed by atoms with Crippen LogP contribution in [-0.2, 0) is 16.3 Å². The van der Waals surface area contributed by atoms with Gasteiger partial charge in [0.05, 0.1) is 16.2 Å². The van der Waals surface area contributed by atoms with E-state index in [0.29, 0.717) is 31.7 Å². The van der Waals surface area contributed by atoms with Gasteiger partial charge in [-0.3, -0.25) is 9.59 Å². The van der Waals surface area contributed by atoms with Crippen LogP contribution in [0.5, 0.6) is 0 Å². The molecule has 154 valence electrons. The van der Waals surface area contributed by atoms with Crippen LogP contribution in [-0.4, -0.2) is 62.0 Å². The fourth-order valence-corrected chi connectivity index (χ4v) is 4.51. The predicted molar refractivity (Wildman–Crippen MR) is 112 cm³/mol. The van der Waals surface area contributed by atoms with Gasteiger partial charge in [-0.05, 0) is 36.2 Å². The summed E-state index contributed by atoms with van der Waals surface area (Å²) in [5, 5.41) is 0. The summed E-state index contributed by atoms with van der Waals surface area (Å²) in [6, 6.07) is 13.9. The van der Waals surface area contributed by atoms with Gasteiger partial charge in [0.25, 0.3) is 11.8 Å². The van der Waals surface area contributed by atoms with Crippen molar-refractivity contribution in [2.75, 3.05) is 31.9 Å². The number of aryl methyl sites for hydroxylation is 1. The van der Waals surface area contributed by atoms with Gasteiger partial charge < -0.3 is 9.80 Å². The van der Waals surface area contributed by atoms with E-state index in [4.69, 9.17) is 0 Å². The summed E-state index contributed by atoms with van der Waals surface area (Å²) in [7, 11) is -3.49. The maximum atomic E-state index is 13.0. The predicted octanol–water partition coefficient (Wildman–Crippen LogP) is 2.64. The van der Waals surface area contributed by atoms with E-state index in [1.165, 1.54) is 11.6 Å². The molecule has 2 aromatic rings. The molecule has 29 heavy (non-hydrogen) atoms. The lowest BCUT2D eigenvalue weighted by atomic mass is 10.1. The number of piperazine rings is 1. The first-order valence-corrected chi connectivity index (χ1v) is 11.5. The molecule has 0 aliphatic carbocycles. The first-order chi connectivity index (χ1) is 13.9. The molecule has 2 amide bonds. The van der Waals surface area contributed by atoms with E-state index in [2.05, 4.69) is 6.92 Å². The minimum atomic E-state index is -3.49. The first kappa shape index (κ1) is 21.0. The lowest BCUT2D eigenvalue weighted by Crippen LogP contribution is -2.50. The number of nitrogens with zero attached hydrogens (tertiary/aromatic N) is 2. The highest BCUT2D eigenvalue weighted by atomic mass is 32.2. The highest BCUT2D eigenvalue weighted by molar-refractivity contribution is 7.91. The zero-order valence-corrected chi connectivity index (χ0v) is 17.6. The van der Waals surface area contributed by atoms with Gasteiger partial charge in [0.2, 0.25) is 0 Å². The van der Waals surface area contributed by atoms with Crippen molar-refractivity contribution in [1.29, 1.82) is 0 Å². The van der Waals surface area contributed by atoms with Gasteiger partial charge in [0.1, 0.15) is 0 Å². The maximum absolute atomic E-state index is 13.0. The summed E-state index contributed by atoms with van der Waals surface area (Å²) in [6.45, 7) is 5.22. The molecule has 0 unspecified atom stereocenters. The lowest BCUT2D eigenvalue weighted by molar-refractivity contribution is 0.0533. The Morgan fingerprint density at radius 3 is 1.93 bits per heavy atom. The topological polar surface area (TPSA) is 74.8 Å². The average Bonchev–Trinajstić information content (AvgIpc) is 2.78. The minimum absolute atomic E-state index is 0.0475. The van der Waals surface area contributed by atoms with Crippen LogP contribution in [0.15, 0.2) is 53.4 Å². The Balaban J connectivity index is 1.69. The third-order valence-corrected chi connectivity index (χ3v) is 7.08. The summed E-state index contributed by atoms with van der Waals surface area (Å²) in [6.07, 6.45) is 0.921. The Labute approximate surface area is 172 Å². The Kier molecular flexibility index (Phi) is 6.37. The van der Waals surface area contributed by atoms with Crippen LogP contribution in [0.4, 0.5) is 0 Å². The van der Waals surface area contributed by atoms with Crippen molar-refractivity contribution in [1.82, 2.24) is 9.80 Å². The number of sulfone groups is 1. The molecule has 0 aromatic heterocycles. The van der Waals surface area contributed by atoms with E-state index in [1.807, 2.05) is 24.3 Å². The molecule has 7 heteroatoms. The number of carbonyl (C=O) groups excluding carboxylic acids is 2. The normalized spacial score (nSPS) is 14.7. The fourth-order valence-electron chi connectivity index (χ4n) is 3.42. The average molecular weight is 415 g/mol. The standard InChI is InChI=1S/C22H26N2O4S/c1-3-17-9-11-18(12-10-17)21(25)23-13-15-24(16-14-23)22(26)19-7-5-6-8-20(19)29(27,28)4-2/h5-12H,3-4,13-16H2,1-2H3. The van der Waals surface area contributed by atoms with Crippen molar-refractivity contribution in [3.05, 3.63) is 65.2 Å². The molecule has 0 atom stereocenters. The van der Waals surface area contributed by atoms with Crippen molar-refractivity contribution in [3.63, 3.8) is 0 Å². The summed E-state index contributed by atoms with van der Waals surface area (Å²) in [5.74, 6) is -0.415. The molecule has 1 aliphatic rings. The van der Waals surface area contributed by atoms with Crippen LogP contribution in [0.25, 0.3) is 0 Å². The Morgan fingerprint density at radius 2 is 1.38 bits per heavy atom. The Bertz CT molecular complexity index is 992. The maximum Gasteiger partial charge on any atom is 0.255 e. The second kappa shape index (κ2) is 8.78. The zero-order chi connectivity index (χ0) is 21.0. The molecule has 1 heterocycles. The van der Waals surface area contributed by atoms with E-state index in [1.54, 1.807) is 34.9 Å². The van der Waals surface area contributed by atoms with Crippen molar-refractivity contribution < 1.29 is 18.0 Å². The molecule has 1 saturated heterocycles. The fraction of sp³-hybridized carbons (Fsp3) is 0.364. The van der Waals surface area contributed by atoms with Gasteiger partial charge in [-0.1, -0.05) is 38.1 Å². The number of rotatable bonds is 5. The van der Waals surface area contributed by atoms with Crippen LogP contribution in [0.1, 0.15) is 40.1 Å².